The molecular weight excluding hydrogens is 326 g/mol. The first kappa shape index (κ1) is 15.2. The molecule has 24 heavy (non-hydrogen) atoms. The monoisotopic (exact) mass is 343 g/mol. The minimum Gasteiger partial charge on any atom is -0.488 e. The number of likely N-dealkylation sites (tertiary alicyclic amines) is 1. The lowest BCUT2D eigenvalue weighted by atomic mass is 9.99. The Labute approximate surface area is 143 Å². The van der Waals surface area contributed by atoms with Crippen molar-refractivity contribution in [3.05, 3.63) is 40.8 Å². The van der Waals surface area contributed by atoms with Crippen molar-refractivity contribution < 1.29 is 19.4 Å². The highest BCUT2D eigenvalue weighted by Gasteiger charge is 2.46. The predicted octanol–water partition coefficient (Wildman–Crippen LogP) is 3.39. The number of aliphatic carboxylic acids is 1. The van der Waals surface area contributed by atoms with Gasteiger partial charge in [0.05, 0.1) is 4.88 Å². The quantitative estimate of drug-likeness (QED) is 0.908. The Morgan fingerprint density at radius 1 is 1.33 bits per heavy atom. The highest BCUT2D eigenvalue weighted by molar-refractivity contribution is 7.17. The molecule has 0 aliphatic carbocycles. The van der Waals surface area contributed by atoms with Crippen LogP contribution in [0.1, 0.15) is 35.0 Å². The molecule has 1 saturated heterocycles. The molecule has 1 aromatic carbocycles. The Bertz CT molecular complexity index is 843. The minimum absolute atomic E-state index is 0.200. The highest BCUT2D eigenvalue weighted by Crippen LogP contribution is 2.43. The van der Waals surface area contributed by atoms with Crippen LogP contribution in [0, 0.1) is 0 Å². The van der Waals surface area contributed by atoms with Crippen LogP contribution in [0.25, 0.3) is 10.4 Å². The molecule has 4 rings (SSSR count). The molecule has 0 saturated carbocycles. The second kappa shape index (κ2) is 5.34. The van der Waals surface area contributed by atoms with Crippen LogP contribution in [0.3, 0.4) is 0 Å². The maximum atomic E-state index is 12.9. The molecule has 0 radical (unpaired) electrons. The van der Waals surface area contributed by atoms with E-state index in [-0.39, 0.29) is 5.91 Å². The molecule has 2 aliphatic heterocycles. The summed E-state index contributed by atoms with van der Waals surface area (Å²) in [6.45, 7) is 2.55. The van der Waals surface area contributed by atoms with Crippen molar-refractivity contribution >= 4 is 23.2 Å². The zero-order valence-corrected chi connectivity index (χ0v) is 14.1. The number of hydrogen-bond donors (Lipinski definition) is 1. The number of carboxylic acids is 1. The summed E-state index contributed by atoms with van der Waals surface area (Å²) >= 11 is 1.42. The first-order chi connectivity index (χ1) is 11.5. The lowest BCUT2D eigenvalue weighted by Crippen LogP contribution is -2.50. The van der Waals surface area contributed by atoms with E-state index in [1.54, 1.807) is 6.92 Å². The van der Waals surface area contributed by atoms with E-state index in [1.807, 2.05) is 30.3 Å². The number of nitrogens with zero attached hydrogens (tertiary/aromatic N) is 1. The van der Waals surface area contributed by atoms with E-state index in [9.17, 15) is 14.7 Å². The summed E-state index contributed by atoms with van der Waals surface area (Å²) in [4.78, 5) is 27.7. The van der Waals surface area contributed by atoms with Crippen molar-refractivity contribution in [1.29, 1.82) is 0 Å². The van der Waals surface area contributed by atoms with E-state index < -0.39 is 11.5 Å². The molecule has 6 heteroatoms. The van der Waals surface area contributed by atoms with E-state index in [1.165, 1.54) is 16.2 Å². The molecule has 5 nitrogen and oxygen atoms in total. The Kier molecular flexibility index (Phi) is 3.38. The van der Waals surface area contributed by atoms with Gasteiger partial charge in [0.15, 0.2) is 0 Å². The summed E-state index contributed by atoms with van der Waals surface area (Å²) in [5, 5.41) is 9.52. The lowest BCUT2D eigenvalue weighted by molar-refractivity contribution is -0.147. The molecule has 124 valence electrons. The van der Waals surface area contributed by atoms with E-state index in [0.29, 0.717) is 30.9 Å². The fourth-order valence-corrected chi connectivity index (χ4v) is 4.60. The second-order valence-electron chi connectivity index (χ2n) is 6.39. The van der Waals surface area contributed by atoms with E-state index in [4.69, 9.17) is 4.74 Å². The number of carboxylic acid groups (broad SMARTS) is 1. The van der Waals surface area contributed by atoms with E-state index in [2.05, 4.69) is 0 Å². The Morgan fingerprint density at radius 2 is 2.12 bits per heavy atom. The molecule has 2 aliphatic rings. The zero-order chi connectivity index (χ0) is 16.9. The smallest absolute Gasteiger partial charge is 0.329 e. The summed E-state index contributed by atoms with van der Waals surface area (Å²) < 4.78 is 5.74. The first-order valence-corrected chi connectivity index (χ1v) is 8.72. The number of fused-ring (bicyclic) bond motifs is 3. The SMILES string of the molecule is CC1(C(=O)O)CCCN1C(=O)c1cc2c(s1)-c1ccccc1OC2. The van der Waals surface area contributed by atoms with Gasteiger partial charge in [-0.05, 0) is 38.0 Å². The zero-order valence-electron chi connectivity index (χ0n) is 13.2. The van der Waals surface area contributed by atoms with E-state index >= 15 is 0 Å². The summed E-state index contributed by atoms with van der Waals surface area (Å²) in [5.74, 6) is -0.319. The number of carbonyl (C=O) groups is 2. The second-order valence-corrected chi connectivity index (χ2v) is 7.44. The van der Waals surface area contributed by atoms with Crippen LogP contribution >= 0.6 is 11.3 Å². The molecule has 0 bridgehead atoms. The maximum absolute atomic E-state index is 12.9. The molecule has 1 fully saturated rings. The van der Waals surface area contributed by atoms with Crippen molar-refractivity contribution in [1.82, 2.24) is 4.90 Å². The minimum atomic E-state index is -1.12. The first-order valence-electron chi connectivity index (χ1n) is 7.91. The molecule has 1 unspecified atom stereocenters. The standard InChI is InChI=1S/C18H17NO4S/c1-18(17(21)22)7-4-8-19(18)16(20)14-9-11-10-23-13-6-3-2-5-12(13)15(11)24-14/h2-3,5-6,9H,4,7-8,10H2,1H3,(H,21,22). The fraction of sp³-hybridized carbons (Fsp3) is 0.333. The number of ether oxygens (including phenoxy) is 1. The van der Waals surface area contributed by atoms with Gasteiger partial charge in [-0.1, -0.05) is 12.1 Å². The number of amides is 1. The Hall–Kier alpha value is -2.34. The van der Waals surface area contributed by atoms with Gasteiger partial charge in [-0.2, -0.15) is 0 Å². The van der Waals surface area contributed by atoms with Crippen molar-refractivity contribution in [2.24, 2.45) is 0 Å². The normalized spacial score (nSPS) is 21.8. The molecule has 1 atom stereocenters. The van der Waals surface area contributed by atoms with Crippen molar-refractivity contribution in [2.45, 2.75) is 31.9 Å². The van der Waals surface area contributed by atoms with Gasteiger partial charge in [0.25, 0.3) is 5.91 Å². The van der Waals surface area contributed by atoms with Crippen molar-refractivity contribution in [3.63, 3.8) is 0 Å². The summed E-state index contributed by atoms with van der Waals surface area (Å²) in [5.41, 5.74) is 0.860. The maximum Gasteiger partial charge on any atom is 0.329 e. The molecule has 0 spiro atoms. The third-order valence-corrected chi connectivity index (χ3v) is 6.08. The number of hydrogen-bond acceptors (Lipinski definition) is 4. The summed E-state index contributed by atoms with van der Waals surface area (Å²) in [7, 11) is 0. The van der Waals surface area contributed by atoms with Crippen LogP contribution in [-0.2, 0) is 11.4 Å². The third kappa shape index (κ3) is 2.13. The number of benzene rings is 1. The van der Waals surface area contributed by atoms with Gasteiger partial charge in [0, 0.05) is 22.5 Å². The lowest BCUT2D eigenvalue weighted by Gasteiger charge is -2.30. The number of thiophene rings is 1. The molecular formula is C18H17NO4S. The van der Waals surface area contributed by atoms with Crippen LogP contribution < -0.4 is 4.74 Å². The largest absolute Gasteiger partial charge is 0.488 e. The average Bonchev–Trinajstić information content (AvgIpc) is 3.18. The van der Waals surface area contributed by atoms with Gasteiger partial charge in [0.1, 0.15) is 17.9 Å². The van der Waals surface area contributed by atoms with Crippen LogP contribution in [-0.4, -0.2) is 34.0 Å². The topological polar surface area (TPSA) is 66.8 Å². The number of carbonyl (C=O) groups excluding carboxylic acids is 1. The molecule has 2 aromatic rings. The molecule has 1 amide bonds. The van der Waals surface area contributed by atoms with Crippen molar-refractivity contribution in [3.8, 4) is 16.2 Å². The predicted molar refractivity (Wildman–Crippen MR) is 90.4 cm³/mol. The van der Waals surface area contributed by atoms with Crippen LogP contribution in [0.4, 0.5) is 0 Å². The average molecular weight is 343 g/mol. The van der Waals surface area contributed by atoms with Crippen LogP contribution in [0.2, 0.25) is 0 Å². The highest BCUT2D eigenvalue weighted by atomic mass is 32.1. The van der Waals surface area contributed by atoms with Crippen molar-refractivity contribution in [2.75, 3.05) is 6.54 Å². The fourth-order valence-electron chi connectivity index (χ4n) is 3.45. The molecule has 3 heterocycles. The van der Waals surface area contributed by atoms with Gasteiger partial charge >= 0.3 is 5.97 Å². The summed E-state index contributed by atoms with van der Waals surface area (Å²) in [6, 6.07) is 9.61. The van der Waals surface area contributed by atoms with Gasteiger partial charge in [0.2, 0.25) is 0 Å². The number of rotatable bonds is 2. The Morgan fingerprint density at radius 3 is 2.92 bits per heavy atom. The number of para-hydroxylation sites is 1. The van der Waals surface area contributed by atoms with Crippen LogP contribution in [0.5, 0.6) is 5.75 Å². The summed E-state index contributed by atoms with van der Waals surface area (Å²) in [6.07, 6.45) is 1.21. The van der Waals surface area contributed by atoms with Crippen LogP contribution in [0.15, 0.2) is 30.3 Å². The van der Waals surface area contributed by atoms with Gasteiger partial charge < -0.3 is 14.7 Å². The Balaban J connectivity index is 1.71. The third-order valence-electron chi connectivity index (χ3n) is 4.88. The molecule has 1 aromatic heterocycles. The van der Waals surface area contributed by atoms with Gasteiger partial charge in [-0.3, -0.25) is 4.79 Å². The van der Waals surface area contributed by atoms with Gasteiger partial charge in [-0.25, -0.2) is 4.79 Å². The van der Waals surface area contributed by atoms with E-state index in [0.717, 1.165) is 21.8 Å². The molecule has 1 N–H and O–H groups in total. The van der Waals surface area contributed by atoms with Gasteiger partial charge in [-0.15, -0.1) is 11.3 Å².